The molecule has 0 aromatic rings. The van der Waals surface area contributed by atoms with Crippen LogP contribution in [0.3, 0.4) is 0 Å². The van der Waals surface area contributed by atoms with E-state index < -0.39 is 11.7 Å². The molecule has 0 radical (unpaired) electrons. The fraction of sp³-hybridized carbons (Fsp3) is 0.680. The Balaban J connectivity index is 1.95. The summed E-state index contributed by atoms with van der Waals surface area (Å²) in [4.78, 5) is 0. The highest BCUT2D eigenvalue weighted by atomic mass is 19.2. The first-order valence-corrected chi connectivity index (χ1v) is 11.2. The minimum atomic E-state index is -0.983. The summed E-state index contributed by atoms with van der Waals surface area (Å²) >= 11 is 0. The van der Waals surface area contributed by atoms with E-state index in [0.29, 0.717) is 11.5 Å². The zero-order chi connectivity index (χ0) is 20.5. The average Bonchev–Trinajstić information content (AvgIpc) is 2.73. The molecule has 0 saturated heterocycles. The fourth-order valence-corrected chi connectivity index (χ4v) is 4.90. The third kappa shape index (κ3) is 6.06. The third-order valence-corrected chi connectivity index (χ3v) is 6.60. The van der Waals surface area contributed by atoms with Crippen LogP contribution in [0.1, 0.15) is 85.0 Å². The molecule has 2 rings (SSSR count). The third-order valence-electron chi connectivity index (χ3n) is 6.60. The summed E-state index contributed by atoms with van der Waals surface area (Å²) in [7, 11) is 0. The fourth-order valence-electron chi connectivity index (χ4n) is 4.90. The predicted octanol–water partition coefficient (Wildman–Crippen LogP) is 8.36. The van der Waals surface area contributed by atoms with E-state index in [0.717, 1.165) is 36.7 Å². The number of unbranched alkanes of at least 4 members (excludes halogenated alkanes) is 1. The molecule has 3 heteroatoms. The number of allylic oxidation sites excluding steroid dienone is 6. The maximum atomic E-state index is 14.7. The second kappa shape index (κ2) is 11.6. The zero-order valence-electron chi connectivity index (χ0n) is 18.0. The normalized spacial score (nSPS) is 27.1. The molecule has 0 N–H and O–H groups in total. The van der Waals surface area contributed by atoms with E-state index in [1.165, 1.54) is 44.9 Å². The Bertz CT molecular complexity index is 606. The van der Waals surface area contributed by atoms with Gasteiger partial charge in [0.05, 0.1) is 6.61 Å². The van der Waals surface area contributed by atoms with Crippen molar-refractivity contribution in [2.24, 2.45) is 17.8 Å². The van der Waals surface area contributed by atoms with E-state index >= 15 is 0 Å². The lowest BCUT2D eigenvalue weighted by Gasteiger charge is -2.35. The van der Waals surface area contributed by atoms with Crippen molar-refractivity contribution in [3.63, 3.8) is 0 Å². The van der Waals surface area contributed by atoms with Gasteiger partial charge >= 0.3 is 0 Å². The summed E-state index contributed by atoms with van der Waals surface area (Å²) in [6.07, 6.45) is 16.2. The van der Waals surface area contributed by atoms with Crippen LogP contribution in [-0.4, -0.2) is 6.61 Å². The molecule has 2 aliphatic rings. The minimum Gasteiger partial charge on any atom is -0.491 e. The molecule has 0 aliphatic heterocycles. The number of hydrogen-bond donors (Lipinski definition) is 0. The SMILES string of the molecule is C=C(OCC)/C(F)=C(F)\C(=C/C)C1=CCC(C2CCC(CCCC)CC2)CC1. The summed E-state index contributed by atoms with van der Waals surface area (Å²) in [6, 6.07) is 0. The molecule has 0 spiro atoms. The molecule has 1 saturated carbocycles. The van der Waals surface area contributed by atoms with Gasteiger partial charge in [0.25, 0.3) is 0 Å². The van der Waals surface area contributed by atoms with Crippen LogP contribution in [0.15, 0.2) is 47.3 Å². The summed E-state index contributed by atoms with van der Waals surface area (Å²) in [5.41, 5.74) is 1.28. The van der Waals surface area contributed by atoms with Gasteiger partial charge in [0, 0.05) is 5.57 Å². The lowest BCUT2D eigenvalue weighted by atomic mass is 9.70. The molecule has 1 fully saturated rings. The summed E-state index contributed by atoms with van der Waals surface area (Å²) in [6.45, 7) is 9.52. The highest BCUT2D eigenvalue weighted by Gasteiger charge is 2.29. The van der Waals surface area contributed by atoms with Crippen molar-refractivity contribution in [1.82, 2.24) is 0 Å². The molecule has 1 nitrogen and oxygen atoms in total. The first-order valence-electron chi connectivity index (χ1n) is 11.2. The Labute approximate surface area is 170 Å². The topological polar surface area (TPSA) is 9.23 Å². The largest absolute Gasteiger partial charge is 0.491 e. The van der Waals surface area contributed by atoms with Gasteiger partial charge in [-0.2, -0.15) is 4.39 Å². The first kappa shape index (κ1) is 22.9. The van der Waals surface area contributed by atoms with Crippen LogP contribution in [-0.2, 0) is 4.74 Å². The standard InChI is InChI=1S/C25H38F2O/c1-5-8-9-19-10-12-20(13-11-19)21-14-16-22(17-15-21)23(6-2)25(27)24(26)18(4)28-7-3/h6,16,19-21H,4-5,7-15,17H2,1-3H3/b23-6-,25-24-. The second-order valence-electron chi connectivity index (χ2n) is 8.37. The zero-order valence-corrected chi connectivity index (χ0v) is 18.0. The molecular formula is C25H38F2O. The van der Waals surface area contributed by atoms with Crippen molar-refractivity contribution in [3.05, 3.63) is 47.3 Å². The molecule has 0 bridgehead atoms. The Morgan fingerprint density at radius 1 is 1.11 bits per heavy atom. The highest BCUT2D eigenvalue weighted by molar-refractivity contribution is 5.47. The molecule has 0 heterocycles. The van der Waals surface area contributed by atoms with Gasteiger partial charge in [0.1, 0.15) is 0 Å². The van der Waals surface area contributed by atoms with Gasteiger partial charge in [-0.1, -0.05) is 57.8 Å². The van der Waals surface area contributed by atoms with E-state index in [2.05, 4.69) is 19.6 Å². The Morgan fingerprint density at radius 2 is 1.82 bits per heavy atom. The van der Waals surface area contributed by atoms with Gasteiger partial charge in [-0.3, -0.25) is 0 Å². The number of rotatable bonds is 9. The van der Waals surface area contributed by atoms with Gasteiger partial charge in [-0.15, -0.1) is 0 Å². The maximum absolute atomic E-state index is 14.7. The molecule has 0 amide bonds. The predicted molar refractivity (Wildman–Crippen MR) is 114 cm³/mol. The highest BCUT2D eigenvalue weighted by Crippen LogP contribution is 2.42. The van der Waals surface area contributed by atoms with E-state index in [-0.39, 0.29) is 12.4 Å². The minimum absolute atomic E-state index is 0.228. The molecule has 1 unspecified atom stereocenters. The average molecular weight is 393 g/mol. The second-order valence-corrected chi connectivity index (χ2v) is 8.37. The van der Waals surface area contributed by atoms with Crippen molar-refractivity contribution >= 4 is 0 Å². The molecule has 0 aromatic heterocycles. The van der Waals surface area contributed by atoms with Crippen LogP contribution < -0.4 is 0 Å². The van der Waals surface area contributed by atoms with Crippen LogP contribution in [0.5, 0.6) is 0 Å². The van der Waals surface area contributed by atoms with Crippen LogP contribution in [0.4, 0.5) is 8.78 Å². The Kier molecular flexibility index (Phi) is 9.47. The monoisotopic (exact) mass is 392 g/mol. The Hall–Kier alpha value is -1.38. The molecule has 1 atom stereocenters. The van der Waals surface area contributed by atoms with Crippen molar-refractivity contribution in [2.75, 3.05) is 6.61 Å². The molecule has 2 aliphatic carbocycles. The Morgan fingerprint density at radius 3 is 2.36 bits per heavy atom. The summed E-state index contributed by atoms with van der Waals surface area (Å²) < 4.78 is 34.0. The van der Waals surface area contributed by atoms with Crippen molar-refractivity contribution in [1.29, 1.82) is 0 Å². The lowest BCUT2D eigenvalue weighted by molar-refractivity contribution is 0.186. The van der Waals surface area contributed by atoms with Gasteiger partial charge in [0.2, 0.25) is 5.83 Å². The molecule has 28 heavy (non-hydrogen) atoms. The first-order chi connectivity index (χ1) is 13.5. The van der Waals surface area contributed by atoms with Crippen LogP contribution in [0.25, 0.3) is 0 Å². The summed E-state index contributed by atoms with van der Waals surface area (Å²) in [5, 5.41) is 0. The van der Waals surface area contributed by atoms with Crippen LogP contribution in [0.2, 0.25) is 0 Å². The summed E-state index contributed by atoms with van der Waals surface area (Å²) in [5.74, 6) is 0.379. The van der Waals surface area contributed by atoms with Crippen molar-refractivity contribution < 1.29 is 13.5 Å². The number of ether oxygens (including phenoxy) is 1. The van der Waals surface area contributed by atoms with E-state index in [4.69, 9.17) is 4.74 Å². The molecule has 0 aromatic carbocycles. The molecular weight excluding hydrogens is 354 g/mol. The molecule has 158 valence electrons. The smallest absolute Gasteiger partial charge is 0.200 e. The lowest BCUT2D eigenvalue weighted by Crippen LogP contribution is -2.23. The quantitative estimate of drug-likeness (QED) is 0.283. The maximum Gasteiger partial charge on any atom is 0.200 e. The van der Waals surface area contributed by atoms with Gasteiger partial charge in [0.15, 0.2) is 11.6 Å². The van der Waals surface area contributed by atoms with Gasteiger partial charge < -0.3 is 4.74 Å². The van der Waals surface area contributed by atoms with Crippen LogP contribution in [0, 0.1) is 17.8 Å². The van der Waals surface area contributed by atoms with E-state index in [1.807, 2.05) is 0 Å². The van der Waals surface area contributed by atoms with Crippen molar-refractivity contribution in [2.45, 2.75) is 85.0 Å². The van der Waals surface area contributed by atoms with E-state index in [9.17, 15) is 8.78 Å². The number of halogens is 2. The van der Waals surface area contributed by atoms with Gasteiger partial charge in [-0.05, 0) is 69.3 Å². The van der Waals surface area contributed by atoms with E-state index in [1.54, 1.807) is 19.9 Å². The van der Waals surface area contributed by atoms with Gasteiger partial charge in [-0.25, -0.2) is 4.39 Å². The van der Waals surface area contributed by atoms with Crippen molar-refractivity contribution in [3.8, 4) is 0 Å². The van der Waals surface area contributed by atoms with Crippen LogP contribution >= 0.6 is 0 Å². The number of hydrogen-bond acceptors (Lipinski definition) is 1.